The molecule has 0 spiro atoms. The maximum atomic E-state index is 10.9. The summed E-state index contributed by atoms with van der Waals surface area (Å²) in [5.74, 6) is -1.14. The van der Waals surface area contributed by atoms with Crippen molar-refractivity contribution in [2.75, 3.05) is 6.61 Å². The first-order valence-corrected chi connectivity index (χ1v) is 4.29. The molecular formula is C8H14O7. The van der Waals surface area contributed by atoms with E-state index in [-0.39, 0.29) is 12.9 Å². The molecule has 4 unspecified atom stereocenters. The number of aldehydes is 1. The van der Waals surface area contributed by atoms with Crippen molar-refractivity contribution in [3.63, 3.8) is 0 Å². The van der Waals surface area contributed by atoms with Gasteiger partial charge in [-0.1, -0.05) is 0 Å². The monoisotopic (exact) mass is 222 g/mol. The normalized spacial score (nSPS) is 18.7. The molecule has 0 aromatic carbocycles. The number of ether oxygens (including phenoxy) is 1. The van der Waals surface area contributed by atoms with Crippen LogP contribution >= 0.6 is 0 Å². The Balaban J connectivity index is 4.35. The van der Waals surface area contributed by atoms with E-state index in [0.29, 0.717) is 0 Å². The summed E-state index contributed by atoms with van der Waals surface area (Å²) in [6.07, 6.45) is -7.82. The van der Waals surface area contributed by atoms with Gasteiger partial charge in [-0.2, -0.15) is 0 Å². The third-order valence-electron chi connectivity index (χ3n) is 1.69. The first-order chi connectivity index (χ1) is 6.95. The van der Waals surface area contributed by atoms with Gasteiger partial charge in [-0.05, 0) is 6.92 Å². The number of hydrogen-bond acceptors (Lipinski definition) is 7. The standard InChI is InChI=1S/C8H14O7/c1-2-15-8(14)7(13)6(12)5(11)4(10)3-9/h3-7,10-13H,2H2,1H3. The van der Waals surface area contributed by atoms with Crippen molar-refractivity contribution in [1.29, 1.82) is 0 Å². The van der Waals surface area contributed by atoms with Crippen molar-refractivity contribution in [1.82, 2.24) is 0 Å². The van der Waals surface area contributed by atoms with Crippen molar-refractivity contribution < 1.29 is 34.8 Å². The minimum absolute atomic E-state index is 0.00502. The summed E-state index contributed by atoms with van der Waals surface area (Å²) in [5, 5.41) is 36.2. The van der Waals surface area contributed by atoms with Crippen LogP contribution in [0.2, 0.25) is 0 Å². The molecule has 0 aliphatic heterocycles. The molecule has 0 saturated carbocycles. The molecule has 0 rings (SSSR count). The van der Waals surface area contributed by atoms with Crippen LogP contribution in [0.5, 0.6) is 0 Å². The smallest absolute Gasteiger partial charge is 0.337 e. The van der Waals surface area contributed by atoms with E-state index in [1.807, 2.05) is 0 Å². The van der Waals surface area contributed by atoms with Crippen molar-refractivity contribution in [2.45, 2.75) is 31.3 Å². The largest absolute Gasteiger partial charge is 0.464 e. The van der Waals surface area contributed by atoms with Crippen molar-refractivity contribution in [2.24, 2.45) is 0 Å². The number of hydrogen-bond donors (Lipinski definition) is 4. The maximum Gasteiger partial charge on any atom is 0.337 e. The number of aliphatic hydroxyl groups is 4. The second kappa shape index (κ2) is 6.46. The van der Waals surface area contributed by atoms with Crippen LogP contribution in [0.4, 0.5) is 0 Å². The van der Waals surface area contributed by atoms with Gasteiger partial charge in [0.2, 0.25) is 0 Å². The van der Waals surface area contributed by atoms with Crippen LogP contribution in [0.3, 0.4) is 0 Å². The summed E-state index contributed by atoms with van der Waals surface area (Å²) in [6.45, 7) is 1.49. The molecule has 88 valence electrons. The predicted molar refractivity (Wildman–Crippen MR) is 46.7 cm³/mol. The number of carbonyl (C=O) groups is 2. The van der Waals surface area contributed by atoms with E-state index < -0.39 is 30.4 Å². The molecular weight excluding hydrogens is 208 g/mol. The molecule has 0 heterocycles. The van der Waals surface area contributed by atoms with E-state index in [1.54, 1.807) is 0 Å². The van der Waals surface area contributed by atoms with Crippen LogP contribution in [0.25, 0.3) is 0 Å². The highest BCUT2D eigenvalue weighted by Crippen LogP contribution is 2.05. The summed E-state index contributed by atoms with van der Waals surface area (Å²) in [7, 11) is 0. The molecule has 7 nitrogen and oxygen atoms in total. The lowest BCUT2D eigenvalue weighted by atomic mass is 10.0. The molecule has 7 heteroatoms. The van der Waals surface area contributed by atoms with Gasteiger partial charge in [0.25, 0.3) is 0 Å². The Labute approximate surface area is 85.9 Å². The fraction of sp³-hybridized carbons (Fsp3) is 0.750. The van der Waals surface area contributed by atoms with Crippen LogP contribution < -0.4 is 0 Å². The van der Waals surface area contributed by atoms with E-state index in [0.717, 1.165) is 0 Å². The quantitative estimate of drug-likeness (QED) is 0.282. The van der Waals surface area contributed by atoms with Crippen LogP contribution in [0, 0.1) is 0 Å². The topological polar surface area (TPSA) is 124 Å². The van der Waals surface area contributed by atoms with Gasteiger partial charge in [-0.15, -0.1) is 0 Å². The van der Waals surface area contributed by atoms with Crippen LogP contribution in [0.1, 0.15) is 6.92 Å². The fourth-order valence-electron chi connectivity index (χ4n) is 0.836. The van der Waals surface area contributed by atoms with Gasteiger partial charge in [0.15, 0.2) is 12.4 Å². The molecule has 0 amide bonds. The third kappa shape index (κ3) is 3.92. The van der Waals surface area contributed by atoms with E-state index in [9.17, 15) is 9.59 Å². The zero-order valence-electron chi connectivity index (χ0n) is 8.11. The zero-order valence-corrected chi connectivity index (χ0v) is 8.11. The van der Waals surface area contributed by atoms with E-state index in [1.165, 1.54) is 6.92 Å². The fourth-order valence-corrected chi connectivity index (χ4v) is 0.836. The highest BCUT2D eigenvalue weighted by atomic mass is 16.5. The lowest BCUT2D eigenvalue weighted by molar-refractivity contribution is -0.169. The molecule has 0 aliphatic carbocycles. The van der Waals surface area contributed by atoms with E-state index in [2.05, 4.69) is 4.74 Å². The Morgan fingerprint density at radius 2 is 1.80 bits per heavy atom. The van der Waals surface area contributed by atoms with Gasteiger partial charge in [-0.3, -0.25) is 0 Å². The van der Waals surface area contributed by atoms with Gasteiger partial charge in [0.1, 0.15) is 18.3 Å². The third-order valence-corrected chi connectivity index (χ3v) is 1.69. The van der Waals surface area contributed by atoms with Gasteiger partial charge >= 0.3 is 5.97 Å². The van der Waals surface area contributed by atoms with Crippen molar-refractivity contribution in [3.05, 3.63) is 0 Å². The molecule has 0 radical (unpaired) electrons. The van der Waals surface area contributed by atoms with Crippen LogP contribution in [0.15, 0.2) is 0 Å². The molecule has 0 aromatic heterocycles. The van der Waals surface area contributed by atoms with E-state index in [4.69, 9.17) is 20.4 Å². The second-order valence-corrected chi connectivity index (χ2v) is 2.80. The number of rotatable bonds is 6. The molecule has 0 fully saturated rings. The highest BCUT2D eigenvalue weighted by molar-refractivity contribution is 5.75. The lowest BCUT2D eigenvalue weighted by Crippen LogP contribution is -2.48. The Bertz CT molecular complexity index is 217. The van der Waals surface area contributed by atoms with E-state index >= 15 is 0 Å². The predicted octanol–water partition coefficient (Wildman–Crippen LogP) is -2.81. The minimum Gasteiger partial charge on any atom is -0.464 e. The number of esters is 1. The summed E-state index contributed by atoms with van der Waals surface area (Å²) in [5.41, 5.74) is 0. The van der Waals surface area contributed by atoms with Crippen LogP contribution in [-0.4, -0.2) is 63.7 Å². The molecule has 4 N–H and O–H groups in total. The molecule has 0 aliphatic rings. The van der Waals surface area contributed by atoms with Gasteiger partial charge in [0, 0.05) is 0 Å². The summed E-state index contributed by atoms with van der Waals surface area (Å²) >= 11 is 0. The molecule has 0 bridgehead atoms. The van der Waals surface area contributed by atoms with Gasteiger partial charge in [0.05, 0.1) is 6.61 Å². The first kappa shape index (κ1) is 14.0. The average molecular weight is 222 g/mol. The molecule has 4 atom stereocenters. The Hall–Kier alpha value is -1.02. The van der Waals surface area contributed by atoms with Crippen LogP contribution in [-0.2, 0) is 14.3 Å². The first-order valence-electron chi connectivity index (χ1n) is 4.29. The van der Waals surface area contributed by atoms with Crippen molar-refractivity contribution in [3.8, 4) is 0 Å². The number of carbonyl (C=O) groups excluding carboxylic acids is 2. The van der Waals surface area contributed by atoms with Gasteiger partial charge in [-0.25, -0.2) is 4.79 Å². The average Bonchev–Trinajstić information content (AvgIpc) is 2.25. The Morgan fingerprint density at radius 1 is 1.27 bits per heavy atom. The number of aliphatic hydroxyl groups excluding tert-OH is 4. The lowest BCUT2D eigenvalue weighted by Gasteiger charge is -2.22. The second-order valence-electron chi connectivity index (χ2n) is 2.80. The minimum atomic E-state index is -2.01. The summed E-state index contributed by atoms with van der Waals surface area (Å²) < 4.78 is 4.36. The summed E-state index contributed by atoms with van der Waals surface area (Å²) in [4.78, 5) is 20.9. The van der Waals surface area contributed by atoms with Crippen molar-refractivity contribution >= 4 is 12.3 Å². The maximum absolute atomic E-state index is 10.9. The van der Waals surface area contributed by atoms with Gasteiger partial charge < -0.3 is 30.0 Å². The molecule has 0 saturated heterocycles. The molecule has 0 aromatic rings. The highest BCUT2D eigenvalue weighted by Gasteiger charge is 2.34. The Kier molecular flexibility index (Phi) is 6.02. The molecule has 15 heavy (non-hydrogen) atoms. The SMILES string of the molecule is CCOC(=O)C(O)C(O)C(O)C(O)C=O. The summed E-state index contributed by atoms with van der Waals surface area (Å²) in [6, 6.07) is 0. The Morgan fingerprint density at radius 3 is 2.20 bits per heavy atom. The zero-order chi connectivity index (χ0) is 12.0.